The number of ether oxygens (including phenoxy) is 6. The van der Waals surface area contributed by atoms with Gasteiger partial charge in [-0.05, 0) is 131 Å². The van der Waals surface area contributed by atoms with E-state index in [1.165, 1.54) is 12.5 Å². The van der Waals surface area contributed by atoms with Crippen molar-refractivity contribution >= 4 is 11.9 Å². The first-order chi connectivity index (χ1) is 22.0. The molecule has 0 aliphatic heterocycles. The minimum atomic E-state index is -0.493. The third-order valence-corrected chi connectivity index (χ3v) is 6.83. The molecule has 0 saturated carbocycles. The molecule has 8 nitrogen and oxygen atoms in total. The van der Waals surface area contributed by atoms with Gasteiger partial charge in [-0.3, -0.25) is 0 Å². The number of benzene rings is 3. The number of esters is 2. The molecule has 3 aromatic rings. The molecule has 0 bridgehead atoms. The second kappa shape index (κ2) is 20.3. The summed E-state index contributed by atoms with van der Waals surface area (Å²) < 4.78 is 32.9. The van der Waals surface area contributed by atoms with E-state index in [-0.39, 0.29) is 0 Å². The van der Waals surface area contributed by atoms with E-state index < -0.39 is 11.9 Å². The van der Waals surface area contributed by atoms with Gasteiger partial charge < -0.3 is 28.4 Å². The number of unbranched alkanes of at least 4 members (excludes halogenated alkanes) is 6. The maximum absolute atomic E-state index is 12.7. The molecule has 0 fully saturated rings. The van der Waals surface area contributed by atoms with Gasteiger partial charge in [0.05, 0.1) is 50.1 Å². The fourth-order valence-electron chi connectivity index (χ4n) is 4.33. The Hall–Kier alpha value is -4.72. The van der Waals surface area contributed by atoms with Crippen LogP contribution in [0.25, 0.3) is 0 Å². The zero-order chi connectivity index (χ0) is 32.1. The average molecular weight is 617 g/mol. The SMILES string of the molecule is C=COCCCCCCOc1ccc(C(=O)Oc2ccc(OC(=O)c3ccc(OCCCCCCOC=C)cc3)c(C)c2)cc1. The first kappa shape index (κ1) is 34.8. The first-order valence-electron chi connectivity index (χ1n) is 15.5. The fraction of sp³-hybridized carbons (Fsp3) is 0.351. The van der Waals surface area contributed by atoms with Crippen LogP contribution in [0.4, 0.5) is 0 Å². The molecule has 0 radical (unpaired) electrons. The molecule has 0 aliphatic rings. The summed E-state index contributed by atoms with van der Waals surface area (Å²) in [5.74, 6) is 1.14. The fourth-order valence-corrected chi connectivity index (χ4v) is 4.33. The van der Waals surface area contributed by atoms with Crippen LogP contribution >= 0.6 is 0 Å². The van der Waals surface area contributed by atoms with Gasteiger partial charge in [-0.25, -0.2) is 9.59 Å². The van der Waals surface area contributed by atoms with Crippen LogP contribution in [0, 0.1) is 6.92 Å². The Bertz CT molecular complexity index is 1330. The lowest BCUT2D eigenvalue weighted by molar-refractivity contribution is 0.0718. The quantitative estimate of drug-likeness (QED) is 0.0480. The summed E-state index contributed by atoms with van der Waals surface area (Å²) in [6.45, 7) is 11.4. The van der Waals surface area contributed by atoms with Crippen molar-refractivity contribution in [3.63, 3.8) is 0 Å². The summed E-state index contributed by atoms with van der Waals surface area (Å²) in [5.41, 5.74) is 1.46. The number of hydrogen-bond donors (Lipinski definition) is 0. The van der Waals surface area contributed by atoms with Crippen molar-refractivity contribution in [3.8, 4) is 23.0 Å². The summed E-state index contributed by atoms with van der Waals surface area (Å²) in [7, 11) is 0. The minimum Gasteiger partial charge on any atom is -0.502 e. The average Bonchev–Trinajstić information content (AvgIpc) is 3.05. The summed E-state index contributed by atoms with van der Waals surface area (Å²) in [6.07, 6.45) is 11.1. The third kappa shape index (κ3) is 13.2. The summed E-state index contributed by atoms with van der Waals surface area (Å²) in [6, 6.07) is 18.6. The normalized spacial score (nSPS) is 10.4. The van der Waals surface area contributed by atoms with Gasteiger partial charge in [-0.1, -0.05) is 13.2 Å². The van der Waals surface area contributed by atoms with Crippen LogP contribution in [-0.2, 0) is 9.47 Å². The molecule has 0 heterocycles. The maximum Gasteiger partial charge on any atom is 0.343 e. The third-order valence-electron chi connectivity index (χ3n) is 6.83. The van der Waals surface area contributed by atoms with Crippen LogP contribution in [0.5, 0.6) is 23.0 Å². The Labute approximate surface area is 266 Å². The molecule has 0 aromatic heterocycles. The zero-order valence-electron chi connectivity index (χ0n) is 26.2. The molecule has 0 unspecified atom stereocenters. The van der Waals surface area contributed by atoms with Crippen LogP contribution in [-0.4, -0.2) is 38.4 Å². The predicted molar refractivity (Wildman–Crippen MR) is 174 cm³/mol. The van der Waals surface area contributed by atoms with Crippen LogP contribution in [0.2, 0.25) is 0 Å². The first-order valence-corrected chi connectivity index (χ1v) is 15.5. The minimum absolute atomic E-state index is 0.350. The topological polar surface area (TPSA) is 89.5 Å². The van der Waals surface area contributed by atoms with Gasteiger partial charge >= 0.3 is 11.9 Å². The highest BCUT2D eigenvalue weighted by molar-refractivity contribution is 5.92. The molecule has 0 spiro atoms. The lowest BCUT2D eigenvalue weighted by Crippen LogP contribution is -2.10. The van der Waals surface area contributed by atoms with Crippen molar-refractivity contribution in [2.24, 2.45) is 0 Å². The van der Waals surface area contributed by atoms with Crippen molar-refractivity contribution in [2.75, 3.05) is 26.4 Å². The van der Waals surface area contributed by atoms with E-state index in [0.29, 0.717) is 66.1 Å². The van der Waals surface area contributed by atoms with Crippen LogP contribution in [0.1, 0.15) is 77.6 Å². The van der Waals surface area contributed by atoms with Gasteiger partial charge in [0.2, 0.25) is 0 Å². The molecule has 0 aliphatic carbocycles. The highest BCUT2D eigenvalue weighted by Gasteiger charge is 2.14. The second-order valence-corrected chi connectivity index (χ2v) is 10.4. The van der Waals surface area contributed by atoms with Gasteiger partial charge in [-0.2, -0.15) is 0 Å². The largest absolute Gasteiger partial charge is 0.502 e. The lowest BCUT2D eigenvalue weighted by Gasteiger charge is -2.11. The molecular weight excluding hydrogens is 572 g/mol. The van der Waals surface area contributed by atoms with E-state index in [4.69, 9.17) is 28.4 Å². The van der Waals surface area contributed by atoms with E-state index in [2.05, 4.69) is 13.2 Å². The summed E-state index contributed by atoms with van der Waals surface area (Å²) in [4.78, 5) is 25.4. The lowest BCUT2D eigenvalue weighted by atomic mass is 10.2. The van der Waals surface area contributed by atoms with E-state index in [0.717, 1.165) is 51.4 Å². The van der Waals surface area contributed by atoms with E-state index in [1.807, 2.05) is 0 Å². The van der Waals surface area contributed by atoms with Crippen molar-refractivity contribution in [3.05, 3.63) is 109 Å². The molecule has 3 rings (SSSR count). The highest BCUT2D eigenvalue weighted by atomic mass is 16.5. The van der Waals surface area contributed by atoms with Gasteiger partial charge in [0.25, 0.3) is 0 Å². The molecule has 0 saturated heterocycles. The van der Waals surface area contributed by atoms with Crippen molar-refractivity contribution in [1.29, 1.82) is 0 Å². The van der Waals surface area contributed by atoms with Crippen molar-refractivity contribution in [1.82, 2.24) is 0 Å². The summed E-state index contributed by atoms with van der Waals surface area (Å²) >= 11 is 0. The second-order valence-electron chi connectivity index (χ2n) is 10.4. The standard InChI is InChI=1S/C37H44O8/c1-4-40-24-10-6-8-12-26-42-32-18-14-30(15-19-32)36(38)44-34-22-23-35(29(3)28-34)45-37(39)31-16-20-33(21-17-31)43-27-13-9-7-11-25-41-5-2/h4-5,14-23,28H,1-2,6-13,24-27H2,3H3. The van der Waals surface area contributed by atoms with E-state index in [1.54, 1.807) is 73.7 Å². The Kier molecular flexibility index (Phi) is 15.7. The zero-order valence-corrected chi connectivity index (χ0v) is 26.2. The highest BCUT2D eigenvalue weighted by Crippen LogP contribution is 2.26. The van der Waals surface area contributed by atoms with Gasteiger partial charge in [-0.15, -0.1) is 0 Å². The van der Waals surface area contributed by atoms with Gasteiger partial charge in [0.15, 0.2) is 0 Å². The van der Waals surface area contributed by atoms with E-state index in [9.17, 15) is 9.59 Å². The van der Waals surface area contributed by atoms with Crippen LogP contribution in [0.15, 0.2) is 92.4 Å². The molecule has 240 valence electrons. The Morgan fingerprint density at radius 3 is 1.42 bits per heavy atom. The molecule has 0 N–H and O–H groups in total. The molecule has 0 amide bonds. The number of rotatable bonds is 22. The molecular formula is C37H44O8. The number of carbonyl (C=O) groups excluding carboxylic acids is 2. The van der Waals surface area contributed by atoms with Gasteiger partial charge in [0, 0.05) is 0 Å². The van der Waals surface area contributed by atoms with Crippen LogP contribution in [0.3, 0.4) is 0 Å². The van der Waals surface area contributed by atoms with Crippen LogP contribution < -0.4 is 18.9 Å². The summed E-state index contributed by atoms with van der Waals surface area (Å²) in [5, 5.41) is 0. The van der Waals surface area contributed by atoms with E-state index >= 15 is 0 Å². The number of carbonyl (C=O) groups is 2. The Morgan fingerprint density at radius 2 is 0.978 bits per heavy atom. The smallest absolute Gasteiger partial charge is 0.343 e. The molecule has 3 aromatic carbocycles. The molecule has 0 atom stereocenters. The monoisotopic (exact) mass is 616 g/mol. The number of hydrogen-bond acceptors (Lipinski definition) is 8. The molecule has 45 heavy (non-hydrogen) atoms. The van der Waals surface area contributed by atoms with Gasteiger partial charge in [0.1, 0.15) is 23.0 Å². The van der Waals surface area contributed by atoms with Crippen molar-refractivity contribution < 1.29 is 38.0 Å². The maximum atomic E-state index is 12.7. The van der Waals surface area contributed by atoms with Crippen molar-refractivity contribution in [2.45, 2.75) is 58.3 Å². The Balaban J connectivity index is 1.39. The predicted octanol–water partition coefficient (Wildman–Crippen LogP) is 8.63. The number of aryl methyl sites for hydroxylation is 1. The Morgan fingerprint density at radius 1 is 0.556 bits per heavy atom. The molecule has 8 heteroatoms.